The molecule has 0 saturated carbocycles. The van der Waals surface area contributed by atoms with Gasteiger partial charge in [-0.3, -0.25) is 4.79 Å². The highest BCUT2D eigenvalue weighted by Gasteiger charge is 2.22. The third-order valence-electron chi connectivity index (χ3n) is 5.17. The maximum absolute atomic E-state index is 12.5. The Morgan fingerprint density at radius 1 is 1.00 bits per heavy atom. The molecule has 7 nitrogen and oxygen atoms in total. The molecule has 2 aromatic carbocycles. The summed E-state index contributed by atoms with van der Waals surface area (Å²) in [6.07, 6.45) is 2.10. The molecule has 172 valence electrons. The van der Waals surface area contributed by atoms with Crippen molar-refractivity contribution in [1.29, 1.82) is 0 Å². The van der Waals surface area contributed by atoms with Crippen LogP contribution in [0.2, 0.25) is 0 Å². The molecule has 0 aromatic heterocycles. The minimum Gasteiger partial charge on any atom is -0.490 e. The van der Waals surface area contributed by atoms with E-state index in [1.165, 1.54) is 0 Å². The molecule has 1 heterocycles. The fourth-order valence-electron chi connectivity index (χ4n) is 3.57. The second-order valence-electron chi connectivity index (χ2n) is 7.77. The lowest BCUT2D eigenvalue weighted by atomic mass is 10.0. The number of carbonyl (C=O) groups is 2. The molecular weight excluding hydrogens is 410 g/mol. The van der Waals surface area contributed by atoms with Crippen LogP contribution in [-0.4, -0.2) is 56.3 Å². The lowest BCUT2D eigenvalue weighted by Crippen LogP contribution is -2.41. The van der Waals surface area contributed by atoms with Gasteiger partial charge in [-0.25, -0.2) is 4.79 Å². The highest BCUT2D eigenvalue weighted by Crippen LogP contribution is 2.29. The number of para-hydroxylation sites is 1. The van der Waals surface area contributed by atoms with Crippen LogP contribution in [0, 0.1) is 5.92 Å². The second kappa shape index (κ2) is 12.0. The van der Waals surface area contributed by atoms with Crippen molar-refractivity contribution in [2.75, 3.05) is 39.5 Å². The Kier molecular flexibility index (Phi) is 8.78. The van der Waals surface area contributed by atoms with Crippen LogP contribution in [-0.2, 0) is 9.53 Å². The van der Waals surface area contributed by atoms with Crippen LogP contribution in [0.5, 0.6) is 17.2 Å². The van der Waals surface area contributed by atoms with Gasteiger partial charge in [0.25, 0.3) is 5.91 Å². The Labute approximate surface area is 189 Å². The van der Waals surface area contributed by atoms with Crippen LogP contribution in [0.15, 0.2) is 48.5 Å². The average Bonchev–Trinajstić information content (AvgIpc) is 2.81. The Bertz CT molecular complexity index is 885. The largest absolute Gasteiger partial charge is 0.490 e. The van der Waals surface area contributed by atoms with Gasteiger partial charge >= 0.3 is 5.97 Å². The number of hydrogen-bond donors (Lipinski definition) is 0. The van der Waals surface area contributed by atoms with Crippen molar-refractivity contribution in [1.82, 2.24) is 4.90 Å². The van der Waals surface area contributed by atoms with Crippen LogP contribution in [0.1, 0.15) is 37.0 Å². The normalized spacial score (nSPS) is 15.7. The summed E-state index contributed by atoms with van der Waals surface area (Å²) in [6.45, 7) is 6.26. The van der Waals surface area contributed by atoms with Crippen LogP contribution >= 0.6 is 0 Å². The van der Waals surface area contributed by atoms with Crippen molar-refractivity contribution >= 4 is 11.9 Å². The van der Waals surface area contributed by atoms with E-state index >= 15 is 0 Å². The Morgan fingerprint density at radius 2 is 1.78 bits per heavy atom. The second-order valence-corrected chi connectivity index (χ2v) is 7.77. The van der Waals surface area contributed by atoms with Gasteiger partial charge in [0, 0.05) is 13.1 Å². The van der Waals surface area contributed by atoms with E-state index in [1.54, 1.807) is 23.1 Å². The highest BCUT2D eigenvalue weighted by atomic mass is 16.5. The Balaban J connectivity index is 1.52. The average molecular weight is 442 g/mol. The lowest BCUT2D eigenvalue weighted by Gasteiger charge is -2.30. The molecule has 1 aliphatic rings. The number of rotatable bonds is 10. The van der Waals surface area contributed by atoms with Gasteiger partial charge in [-0.2, -0.15) is 0 Å². The van der Waals surface area contributed by atoms with E-state index in [0.717, 1.165) is 25.1 Å². The smallest absolute Gasteiger partial charge is 0.338 e. The molecule has 1 saturated heterocycles. The first kappa shape index (κ1) is 23.4. The molecule has 1 amide bonds. The fraction of sp³-hybridized carbons (Fsp3) is 0.440. The predicted molar refractivity (Wildman–Crippen MR) is 120 cm³/mol. The number of hydrogen-bond acceptors (Lipinski definition) is 6. The van der Waals surface area contributed by atoms with E-state index in [4.69, 9.17) is 18.9 Å². The first-order chi connectivity index (χ1) is 15.6. The molecule has 32 heavy (non-hydrogen) atoms. The Hall–Kier alpha value is -3.22. The number of likely N-dealkylation sites (tertiary alicyclic amines) is 1. The van der Waals surface area contributed by atoms with E-state index in [2.05, 4.69) is 6.92 Å². The number of ether oxygens (including phenoxy) is 4. The van der Waals surface area contributed by atoms with Crippen molar-refractivity contribution in [2.24, 2.45) is 5.92 Å². The number of benzene rings is 2. The summed E-state index contributed by atoms with van der Waals surface area (Å²) in [4.78, 5) is 26.6. The van der Waals surface area contributed by atoms with Crippen LogP contribution in [0.4, 0.5) is 0 Å². The molecule has 3 rings (SSSR count). The van der Waals surface area contributed by atoms with Crippen molar-refractivity contribution in [3.8, 4) is 17.2 Å². The maximum atomic E-state index is 12.5. The number of piperidine rings is 1. The summed E-state index contributed by atoms with van der Waals surface area (Å²) in [7, 11) is 0. The number of carbonyl (C=O) groups excluding carboxylic acids is 2. The molecule has 0 radical (unpaired) electrons. The summed E-state index contributed by atoms with van der Waals surface area (Å²) >= 11 is 0. The van der Waals surface area contributed by atoms with Gasteiger partial charge in [0.1, 0.15) is 19.0 Å². The van der Waals surface area contributed by atoms with E-state index in [0.29, 0.717) is 49.3 Å². The van der Waals surface area contributed by atoms with Gasteiger partial charge < -0.3 is 23.8 Å². The number of nitrogens with zero attached hydrogens (tertiary/aromatic N) is 1. The molecule has 0 aliphatic carbocycles. The minimum atomic E-state index is -0.566. The van der Waals surface area contributed by atoms with E-state index in [1.807, 2.05) is 37.3 Å². The zero-order valence-electron chi connectivity index (χ0n) is 18.7. The molecule has 0 spiro atoms. The summed E-state index contributed by atoms with van der Waals surface area (Å²) in [5.74, 6) is 1.48. The van der Waals surface area contributed by atoms with Gasteiger partial charge in [-0.05, 0) is 56.0 Å². The zero-order chi connectivity index (χ0) is 22.8. The van der Waals surface area contributed by atoms with Crippen LogP contribution < -0.4 is 14.2 Å². The van der Waals surface area contributed by atoms with Crippen molar-refractivity contribution in [3.05, 3.63) is 54.1 Å². The third kappa shape index (κ3) is 6.90. The van der Waals surface area contributed by atoms with Gasteiger partial charge in [0.05, 0.1) is 12.2 Å². The summed E-state index contributed by atoms with van der Waals surface area (Å²) in [5, 5.41) is 0. The first-order valence-corrected chi connectivity index (χ1v) is 11.1. The van der Waals surface area contributed by atoms with Gasteiger partial charge in [0.15, 0.2) is 18.1 Å². The first-order valence-electron chi connectivity index (χ1n) is 11.1. The molecule has 7 heteroatoms. The fourth-order valence-corrected chi connectivity index (χ4v) is 3.57. The number of esters is 1. The zero-order valence-corrected chi connectivity index (χ0v) is 18.7. The monoisotopic (exact) mass is 441 g/mol. The molecule has 1 unspecified atom stereocenters. The van der Waals surface area contributed by atoms with Crippen molar-refractivity contribution in [3.63, 3.8) is 0 Å². The van der Waals surface area contributed by atoms with Gasteiger partial charge in [0.2, 0.25) is 0 Å². The van der Waals surface area contributed by atoms with Gasteiger partial charge in [-0.1, -0.05) is 25.1 Å². The quantitative estimate of drug-likeness (QED) is 0.410. The summed E-state index contributed by atoms with van der Waals surface area (Å²) in [6, 6.07) is 14.3. The van der Waals surface area contributed by atoms with Crippen molar-refractivity contribution < 1.29 is 28.5 Å². The van der Waals surface area contributed by atoms with E-state index in [9.17, 15) is 9.59 Å². The van der Waals surface area contributed by atoms with Gasteiger partial charge in [-0.15, -0.1) is 0 Å². The minimum absolute atomic E-state index is 0.159. The van der Waals surface area contributed by atoms with E-state index in [-0.39, 0.29) is 12.5 Å². The maximum Gasteiger partial charge on any atom is 0.338 e. The molecule has 2 aromatic rings. The summed E-state index contributed by atoms with van der Waals surface area (Å²) in [5.41, 5.74) is 0.307. The topological polar surface area (TPSA) is 74.3 Å². The molecule has 1 fully saturated rings. The van der Waals surface area contributed by atoms with Crippen molar-refractivity contribution in [2.45, 2.75) is 26.7 Å². The van der Waals surface area contributed by atoms with Crippen LogP contribution in [0.25, 0.3) is 0 Å². The molecule has 0 N–H and O–H groups in total. The predicted octanol–water partition coefficient (Wildman–Crippen LogP) is 3.96. The number of amides is 1. The Morgan fingerprint density at radius 3 is 2.53 bits per heavy atom. The molecule has 1 aliphatic heterocycles. The molecular formula is C25H31NO6. The SMILES string of the molecule is CCOc1cc(C(=O)OCC(=O)N2CCCC(C)C2)ccc1OCCOc1ccccc1. The van der Waals surface area contributed by atoms with Crippen LogP contribution in [0.3, 0.4) is 0 Å². The summed E-state index contributed by atoms with van der Waals surface area (Å²) < 4.78 is 22.3. The molecule has 0 bridgehead atoms. The lowest BCUT2D eigenvalue weighted by molar-refractivity contribution is -0.136. The third-order valence-corrected chi connectivity index (χ3v) is 5.17. The highest BCUT2D eigenvalue weighted by molar-refractivity contribution is 5.92. The molecule has 1 atom stereocenters. The van der Waals surface area contributed by atoms with E-state index < -0.39 is 5.97 Å². The standard InChI is InChI=1S/C25H31NO6/c1-3-29-23-16-20(25(28)32-18-24(27)26-13-7-8-19(2)17-26)11-12-22(23)31-15-14-30-21-9-5-4-6-10-21/h4-6,9-12,16,19H,3,7-8,13-15,17-18H2,1-2H3.